The number of fused-ring (bicyclic) bond motifs is 1. The number of carboxylic acid groups (broad SMARTS) is 1. The van der Waals surface area contributed by atoms with Crippen LogP contribution in [0.4, 0.5) is 0 Å². The maximum atomic E-state index is 13.0. The average Bonchev–Trinajstić information content (AvgIpc) is 3.38. The molecule has 6 N–H and O–H groups in total. The Morgan fingerprint density at radius 3 is 2.74 bits per heavy atom. The highest BCUT2D eigenvalue weighted by Crippen LogP contribution is 2.21. The molecule has 0 spiro atoms. The van der Waals surface area contributed by atoms with Gasteiger partial charge in [-0.1, -0.05) is 18.2 Å². The third kappa shape index (κ3) is 5.21. The number of nitrogens with one attached hydrogen (secondary N) is 3. The summed E-state index contributed by atoms with van der Waals surface area (Å²) in [6, 6.07) is 5.10. The maximum absolute atomic E-state index is 13.0. The summed E-state index contributed by atoms with van der Waals surface area (Å²) in [6.45, 7) is 1.43. The molecule has 1 fully saturated rings. The second-order valence-corrected chi connectivity index (χ2v) is 7.71. The third-order valence-corrected chi connectivity index (χ3v) is 5.37. The van der Waals surface area contributed by atoms with Gasteiger partial charge in [0.1, 0.15) is 18.6 Å². The van der Waals surface area contributed by atoms with E-state index in [1.165, 1.54) is 4.90 Å². The van der Waals surface area contributed by atoms with Crippen LogP contribution >= 0.6 is 0 Å². The molecule has 2 aromatic rings. The fraction of sp³-hybridized carbons (Fsp3) is 0.429. The van der Waals surface area contributed by atoms with Crippen molar-refractivity contribution in [1.82, 2.24) is 20.5 Å². The number of aromatic nitrogens is 1. The van der Waals surface area contributed by atoms with Crippen LogP contribution in [0.3, 0.4) is 0 Å². The van der Waals surface area contributed by atoms with Crippen molar-refractivity contribution >= 4 is 34.6 Å². The van der Waals surface area contributed by atoms with Crippen molar-refractivity contribution in [2.75, 3.05) is 13.1 Å². The zero-order valence-corrected chi connectivity index (χ0v) is 17.3. The minimum Gasteiger partial charge on any atom is -0.480 e. The molecule has 10 nitrogen and oxygen atoms in total. The van der Waals surface area contributed by atoms with Gasteiger partial charge in [0, 0.05) is 30.1 Å². The van der Waals surface area contributed by atoms with Crippen molar-refractivity contribution in [2.45, 2.75) is 44.3 Å². The topological polar surface area (TPSA) is 158 Å². The first-order valence-corrected chi connectivity index (χ1v) is 10.2. The zero-order chi connectivity index (χ0) is 22.5. The fourth-order valence-electron chi connectivity index (χ4n) is 3.85. The van der Waals surface area contributed by atoms with Crippen LogP contribution in [-0.2, 0) is 25.6 Å². The molecular weight excluding hydrogens is 402 g/mol. The SMILES string of the molecule is CC(N)C(=O)N1CCCC1C(=O)NC(Cc1c[nH]c2ccccc12)C(=O)NCC(=O)O. The number of carboxylic acids is 1. The number of nitrogens with two attached hydrogens (primary N) is 1. The van der Waals surface area contributed by atoms with Crippen LogP contribution in [0, 0.1) is 0 Å². The molecule has 3 rings (SSSR count). The second-order valence-electron chi connectivity index (χ2n) is 7.71. The Balaban J connectivity index is 1.79. The molecule has 1 aromatic heterocycles. The van der Waals surface area contributed by atoms with E-state index in [2.05, 4.69) is 15.6 Å². The molecule has 3 amide bonds. The third-order valence-electron chi connectivity index (χ3n) is 5.37. The maximum Gasteiger partial charge on any atom is 0.322 e. The highest BCUT2D eigenvalue weighted by molar-refractivity contribution is 5.94. The quantitative estimate of drug-likeness (QED) is 0.389. The first-order chi connectivity index (χ1) is 14.8. The summed E-state index contributed by atoms with van der Waals surface area (Å²) in [5, 5.41) is 14.8. The van der Waals surface area contributed by atoms with Crippen LogP contribution in [0.2, 0.25) is 0 Å². The molecule has 3 atom stereocenters. The predicted octanol–water partition coefficient (Wildman–Crippen LogP) is -0.266. The molecule has 31 heavy (non-hydrogen) atoms. The molecule has 3 unspecified atom stereocenters. The number of hydrogen-bond donors (Lipinski definition) is 5. The van der Waals surface area contributed by atoms with Gasteiger partial charge in [-0.25, -0.2) is 0 Å². The first kappa shape index (κ1) is 22.3. The van der Waals surface area contributed by atoms with E-state index in [-0.39, 0.29) is 12.3 Å². The van der Waals surface area contributed by atoms with Crippen molar-refractivity contribution in [3.05, 3.63) is 36.0 Å². The number of hydrogen-bond acceptors (Lipinski definition) is 5. The predicted molar refractivity (Wildman–Crippen MR) is 113 cm³/mol. The van der Waals surface area contributed by atoms with Gasteiger partial charge in [-0.3, -0.25) is 19.2 Å². The van der Waals surface area contributed by atoms with Crippen molar-refractivity contribution < 1.29 is 24.3 Å². The van der Waals surface area contributed by atoms with Crippen LogP contribution in [0.5, 0.6) is 0 Å². The number of amides is 3. The number of carbonyl (C=O) groups excluding carboxylic acids is 3. The number of H-pyrrole nitrogens is 1. The highest BCUT2D eigenvalue weighted by Gasteiger charge is 2.36. The van der Waals surface area contributed by atoms with Gasteiger partial charge in [-0.15, -0.1) is 0 Å². The van der Waals surface area contributed by atoms with Gasteiger partial charge in [0.15, 0.2) is 0 Å². The second kappa shape index (κ2) is 9.61. The lowest BCUT2D eigenvalue weighted by molar-refractivity contribution is -0.140. The van der Waals surface area contributed by atoms with E-state index < -0.39 is 42.5 Å². The lowest BCUT2D eigenvalue weighted by atomic mass is 10.0. The number of benzene rings is 1. The fourth-order valence-corrected chi connectivity index (χ4v) is 3.85. The zero-order valence-electron chi connectivity index (χ0n) is 17.3. The van der Waals surface area contributed by atoms with Crippen LogP contribution in [-0.4, -0.2) is 69.9 Å². The van der Waals surface area contributed by atoms with Gasteiger partial charge in [-0.2, -0.15) is 0 Å². The van der Waals surface area contributed by atoms with Gasteiger partial charge in [0.2, 0.25) is 17.7 Å². The minimum atomic E-state index is -1.19. The van der Waals surface area contributed by atoms with E-state index in [0.717, 1.165) is 16.5 Å². The average molecular weight is 429 g/mol. The monoisotopic (exact) mass is 429 g/mol. The Bertz CT molecular complexity index is 985. The molecule has 166 valence electrons. The first-order valence-electron chi connectivity index (χ1n) is 10.2. The summed E-state index contributed by atoms with van der Waals surface area (Å²) < 4.78 is 0. The lowest BCUT2D eigenvalue weighted by Gasteiger charge is -2.27. The largest absolute Gasteiger partial charge is 0.480 e. The summed E-state index contributed by atoms with van der Waals surface area (Å²) in [7, 11) is 0. The molecule has 1 aromatic carbocycles. The normalized spacial score (nSPS) is 17.9. The van der Waals surface area contributed by atoms with Crippen molar-refractivity contribution in [3.63, 3.8) is 0 Å². The summed E-state index contributed by atoms with van der Waals surface area (Å²) in [5.74, 6) is -2.57. The molecule has 0 aliphatic carbocycles. The summed E-state index contributed by atoms with van der Waals surface area (Å²) in [4.78, 5) is 53.4. The number of para-hydroxylation sites is 1. The van der Waals surface area contributed by atoms with Crippen molar-refractivity contribution in [2.24, 2.45) is 5.73 Å². The Morgan fingerprint density at radius 2 is 2.03 bits per heavy atom. The van der Waals surface area contributed by atoms with Crippen molar-refractivity contribution in [3.8, 4) is 0 Å². The molecule has 2 heterocycles. The number of aromatic amines is 1. The number of likely N-dealkylation sites (tertiary alicyclic amines) is 1. The van der Waals surface area contributed by atoms with Crippen LogP contribution in [0.1, 0.15) is 25.3 Å². The van der Waals surface area contributed by atoms with Crippen molar-refractivity contribution in [1.29, 1.82) is 0 Å². The Morgan fingerprint density at radius 1 is 1.29 bits per heavy atom. The summed E-state index contributed by atoms with van der Waals surface area (Å²) in [6.07, 6.45) is 3.06. The van der Waals surface area contributed by atoms with Crippen LogP contribution in [0.25, 0.3) is 10.9 Å². The Kier molecular flexibility index (Phi) is 6.91. The Labute approximate surface area is 179 Å². The van der Waals surface area contributed by atoms with E-state index in [0.29, 0.717) is 19.4 Å². The standard InChI is InChI=1S/C21H27N5O5/c1-12(22)21(31)26-8-4-7-17(26)20(30)25-16(19(29)24-11-18(27)28)9-13-10-23-15-6-3-2-5-14(13)15/h2-3,5-6,10,12,16-17,23H,4,7-9,11,22H2,1H3,(H,24,29)(H,25,30)(H,27,28). The van der Waals surface area contributed by atoms with Gasteiger partial charge < -0.3 is 31.4 Å². The Hall–Kier alpha value is -3.40. The molecule has 1 saturated heterocycles. The summed E-state index contributed by atoms with van der Waals surface area (Å²) >= 11 is 0. The van der Waals surface area contributed by atoms with Gasteiger partial charge in [0.25, 0.3) is 0 Å². The summed E-state index contributed by atoms with van der Waals surface area (Å²) in [5.41, 5.74) is 7.39. The van der Waals surface area contributed by atoms with Gasteiger partial charge >= 0.3 is 5.97 Å². The number of carbonyl (C=O) groups is 4. The smallest absolute Gasteiger partial charge is 0.322 e. The number of nitrogens with zero attached hydrogens (tertiary/aromatic N) is 1. The molecule has 1 aliphatic rings. The molecule has 0 bridgehead atoms. The van der Waals surface area contributed by atoms with E-state index in [1.54, 1.807) is 13.1 Å². The lowest BCUT2D eigenvalue weighted by Crippen LogP contribution is -2.55. The van der Waals surface area contributed by atoms with E-state index in [9.17, 15) is 19.2 Å². The van der Waals surface area contributed by atoms with Gasteiger partial charge in [0.05, 0.1) is 6.04 Å². The molecule has 0 radical (unpaired) electrons. The van der Waals surface area contributed by atoms with Crippen LogP contribution < -0.4 is 16.4 Å². The van der Waals surface area contributed by atoms with E-state index >= 15 is 0 Å². The van der Waals surface area contributed by atoms with Gasteiger partial charge in [-0.05, 0) is 31.4 Å². The minimum absolute atomic E-state index is 0.162. The molecule has 10 heteroatoms. The van der Waals surface area contributed by atoms with E-state index in [1.807, 2.05) is 24.3 Å². The van der Waals surface area contributed by atoms with E-state index in [4.69, 9.17) is 10.8 Å². The molecular formula is C21H27N5O5. The molecule has 1 aliphatic heterocycles. The highest BCUT2D eigenvalue weighted by atomic mass is 16.4. The van der Waals surface area contributed by atoms with Crippen LogP contribution in [0.15, 0.2) is 30.5 Å². The number of rotatable bonds is 8. The molecule has 0 saturated carbocycles. The number of aliphatic carboxylic acids is 1.